The summed E-state index contributed by atoms with van der Waals surface area (Å²) in [5, 5.41) is 12.8. The first-order chi connectivity index (χ1) is 9.21. The van der Waals surface area contributed by atoms with Crippen LogP contribution >= 0.6 is 11.3 Å². The molecule has 1 atom stereocenters. The first kappa shape index (κ1) is 12.4. The number of aromatic nitrogens is 1. The Labute approximate surface area is 117 Å². The zero-order valence-electron chi connectivity index (χ0n) is 11.0. The Kier molecular flexibility index (Phi) is 3.12. The van der Waals surface area contributed by atoms with E-state index in [0.717, 1.165) is 36.4 Å². The standard InChI is InChI=1S/C16H16N2S/c1-12-10-19-15(18-12)9-16(11-17)7-6-13-4-2-3-5-14(13)8-16/h2-5,10H,6-9H2,1H3. The molecule has 3 rings (SSSR count). The van der Waals surface area contributed by atoms with Crippen molar-refractivity contribution in [3.8, 4) is 6.07 Å². The number of aryl methyl sites for hydroxylation is 2. The quantitative estimate of drug-likeness (QED) is 0.833. The van der Waals surface area contributed by atoms with Crippen LogP contribution in [0.5, 0.6) is 0 Å². The summed E-state index contributed by atoms with van der Waals surface area (Å²) in [4.78, 5) is 4.52. The van der Waals surface area contributed by atoms with E-state index in [2.05, 4.69) is 40.7 Å². The van der Waals surface area contributed by atoms with Crippen molar-refractivity contribution < 1.29 is 0 Å². The fourth-order valence-electron chi connectivity index (χ4n) is 2.86. The van der Waals surface area contributed by atoms with Crippen LogP contribution in [0.25, 0.3) is 0 Å². The van der Waals surface area contributed by atoms with E-state index in [-0.39, 0.29) is 5.41 Å². The molecule has 0 saturated carbocycles. The predicted molar refractivity (Wildman–Crippen MR) is 77.1 cm³/mol. The highest BCUT2D eigenvalue weighted by atomic mass is 32.1. The SMILES string of the molecule is Cc1csc(CC2(C#N)CCc3ccccc3C2)n1. The van der Waals surface area contributed by atoms with Gasteiger partial charge < -0.3 is 0 Å². The van der Waals surface area contributed by atoms with Crippen LogP contribution in [0.1, 0.15) is 28.2 Å². The van der Waals surface area contributed by atoms with Gasteiger partial charge in [-0.3, -0.25) is 0 Å². The van der Waals surface area contributed by atoms with Gasteiger partial charge in [0.2, 0.25) is 0 Å². The number of rotatable bonds is 2. The summed E-state index contributed by atoms with van der Waals surface area (Å²) in [5.41, 5.74) is 3.54. The Bertz CT molecular complexity index is 638. The molecule has 1 aliphatic carbocycles. The minimum absolute atomic E-state index is 0.265. The highest BCUT2D eigenvalue weighted by Crippen LogP contribution is 2.38. The summed E-state index contributed by atoms with van der Waals surface area (Å²) in [5.74, 6) is 0. The fourth-order valence-corrected chi connectivity index (χ4v) is 3.78. The molecule has 19 heavy (non-hydrogen) atoms. The van der Waals surface area contributed by atoms with Gasteiger partial charge in [0.25, 0.3) is 0 Å². The zero-order chi connectivity index (χ0) is 13.3. The molecule has 0 aliphatic heterocycles. The van der Waals surface area contributed by atoms with Crippen molar-refractivity contribution in [2.45, 2.75) is 32.6 Å². The van der Waals surface area contributed by atoms with Gasteiger partial charge in [0.05, 0.1) is 16.5 Å². The molecular formula is C16H16N2S. The number of nitrogens with zero attached hydrogens (tertiary/aromatic N) is 2. The van der Waals surface area contributed by atoms with E-state index < -0.39 is 0 Å². The number of fused-ring (bicyclic) bond motifs is 1. The fraction of sp³-hybridized carbons (Fsp3) is 0.375. The van der Waals surface area contributed by atoms with Gasteiger partial charge in [-0.2, -0.15) is 5.26 Å². The first-order valence-corrected chi connectivity index (χ1v) is 7.48. The molecule has 0 saturated heterocycles. The molecule has 1 unspecified atom stereocenters. The van der Waals surface area contributed by atoms with Crippen molar-refractivity contribution in [2.75, 3.05) is 0 Å². The summed E-state index contributed by atoms with van der Waals surface area (Å²) in [6, 6.07) is 11.1. The number of hydrogen-bond acceptors (Lipinski definition) is 3. The summed E-state index contributed by atoms with van der Waals surface area (Å²) < 4.78 is 0. The van der Waals surface area contributed by atoms with E-state index in [1.807, 2.05) is 6.92 Å². The van der Waals surface area contributed by atoms with Gasteiger partial charge >= 0.3 is 0 Å². The van der Waals surface area contributed by atoms with Crippen LogP contribution in [-0.4, -0.2) is 4.98 Å². The Morgan fingerprint density at radius 2 is 2.16 bits per heavy atom. The lowest BCUT2D eigenvalue weighted by Gasteiger charge is -2.31. The van der Waals surface area contributed by atoms with Crippen LogP contribution in [0.3, 0.4) is 0 Å². The zero-order valence-corrected chi connectivity index (χ0v) is 11.8. The van der Waals surface area contributed by atoms with Crippen LogP contribution in [0, 0.1) is 23.7 Å². The molecule has 0 spiro atoms. The van der Waals surface area contributed by atoms with Crippen LogP contribution < -0.4 is 0 Å². The minimum atomic E-state index is -0.265. The Morgan fingerprint density at radius 3 is 2.84 bits per heavy atom. The highest BCUT2D eigenvalue weighted by molar-refractivity contribution is 7.09. The molecule has 0 amide bonds. The Hall–Kier alpha value is -1.66. The van der Waals surface area contributed by atoms with Gasteiger partial charge in [-0.1, -0.05) is 24.3 Å². The number of benzene rings is 1. The second kappa shape index (κ2) is 4.79. The molecule has 0 fully saturated rings. The Balaban J connectivity index is 1.88. The van der Waals surface area contributed by atoms with E-state index in [1.165, 1.54) is 11.1 Å². The summed E-state index contributed by atoms with van der Waals surface area (Å²) >= 11 is 1.68. The van der Waals surface area contributed by atoms with Gasteiger partial charge in [0, 0.05) is 17.5 Å². The summed E-state index contributed by atoms with van der Waals surface area (Å²) in [6.07, 6.45) is 3.60. The van der Waals surface area contributed by atoms with Crippen molar-refractivity contribution in [1.82, 2.24) is 4.98 Å². The van der Waals surface area contributed by atoms with Crippen LogP contribution in [0.4, 0.5) is 0 Å². The minimum Gasteiger partial charge on any atom is -0.247 e. The van der Waals surface area contributed by atoms with Gasteiger partial charge in [0.1, 0.15) is 0 Å². The van der Waals surface area contributed by atoms with Crippen molar-refractivity contribution in [3.05, 3.63) is 51.5 Å². The molecule has 2 nitrogen and oxygen atoms in total. The average molecular weight is 268 g/mol. The van der Waals surface area contributed by atoms with E-state index in [0.29, 0.717) is 0 Å². The average Bonchev–Trinajstić information content (AvgIpc) is 2.84. The molecular weight excluding hydrogens is 252 g/mol. The lowest BCUT2D eigenvalue weighted by atomic mass is 9.71. The largest absolute Gasteiger partial charge is 0.247 e. The third-order valence-electron chi connectivity index (χ3n) is 3.91. The predicted octanol–water partition coefficient (Wildman–Crippen LogP) is 3.69. The normalized spacial score (nSPS) is 21.7. The first-order valence-electron chi connectivity index (χ1n) is 6.60. The summed E-state index contributed by atoms with van der Waals surface area (Å²) in [7, 11) is 0. The molecule has 0 radical (unpaired) electrons. The maximum absolute atomic E-state index is 9.66. The third kappa shape index (κ3) is 2.41. The number of thiazole rings is 1. The van der Waals surface area contributed by atoms with Crippen LogP contribution in [0.2, 0.25) is 0 Å². The van der Waals surface area contributed by atoms with Crippen molar-refractivity contribution in [1.29, 1.82) is 5.26 Å². The molecule has 1 aliphatic rings. The second-order valence-electron chi connectivity index (χ2n) is 5.40. The van der Waals surface area contributed by atoms with Crippen LogP contribution in [-0.2, 0) is 19.3 Å². The maximum Gasteiger partial charge on any atom is 0.0944 e. The Morgan fingerprint density at radius 1 is 1.37 bits per heavy atom. The summed E-state index contributed by atoms with van der Waals surface area (Å²) in [6.45, 7) is 2.01. The van der Waals surface area contributed by atoms with Gasteiger partial charge in [-0.25, -0.2) is 4.98 Å². The smallest absolute Gasteiger partial charge is 0.0944 e. The monoisotopic (exact) mass is 268 g/mol. The number of hydrogen-bond donors (Lipinski definition) is 0. The topological polar surface area (TPSA) is 36.7 Å². The second-order valence-corrected chi connectivity index (χ2v) is 6.34. The highest BCUT2D eigenvalue weighted by Gasteiger charge is 2.35. The molecule has 1 heterocycles. The van der Waals surface area contributed by atoms with E-state index in [9.17, 15) is 5.26 Å². The molecule has 1 aromatic carbocycles. The molecule has 0 N–H and O–H groups in total. The van der Waals surface area contributed by atoms with Crippen LogP contribution in [0.15, 0.2) is 29.6 Å². The molecule has 3 heteroatoms. The lowest BCUT2D eigenvalue weighted by molar-refractivity contribution is 0.339. The number of nitriles is 1. The van der Waals surface area contributed by atoms with Gasteiger partial charge in [0.15, 0.2) is 0 Å². The molecule has 0 bridgehead atoms. The van der Waals surface area contributed by atoms with E-state index in [1.54, 1.807) is 11.3 Å². The molecule has 96 valence electrons. The lowest BCUT2D eigenvalue weighted by Crippen LogP contribution is -2.29. The van der Waals surface area contributed by atoms with Crippen molar-refractivity contribution in [3.63, 3.8) is 0 Å². The van der Waals surface area contributed by atoms with E-state index in [4.69, 9.17) is 0 Å². The maximum atomic E-state index is 9.66. The third-order valence-corrected chi connectivity index (χ3v) is 4.88. The van der Waals surface area contributed by atoms with Gasteiger partial charge in [-0.15, -0.1) is 11.3 Å². The molecule has 2 aromatic rings. The van der Waals surface area contributed by atoms with Crippen molar-refractivity contribution >= 4 is 11.3 Å². The van der Waals surface area contributed by atoms with Gasteiger partial charge in [-0.05, 0) is 37.3 Å². The molecule has 1 aromatic heterocycles. The van der Waals surface area contributed by atoms with Crippen molar-refractivity contribution in [2.24, 2.45) is 5.41 Å². The van der Waals surface area contributed by atoms with E-state index >= 15 is 0 Å².